The SMILES string of the molecule is C#CCC(C)c1cccc(Cl)c1Cl. The number of hydrogen-bond acceptors (Lipinski definition) is 0. The fourth-order valence-corrected chi connectivity index (χ4v) is 1.68. The molecule has 0 saturated carbocycles. The van der Waals surface area contributed by atoms with Gasteiger partial charge >= 0.3 is 0 Å². The van der Waals surface area contributed by atoms with Gasteiger partial charge in [-0.15, -0.1) is 12.3 Å². The predicted octanol–water partition coefficient (Wildman–Crippen LogP) is 4.12. The third kappa shape index (κ3) is 2.40. The molecule has 1 aromatic carbocycles. The molecule has 0 aromatic heterocycles. The summed E-state index contributed by atoms with van der Waals surface area (Å²) < 4.78 is 0. The van der Waals surface area contributed by atoms with Crippen molar-refractivity contribution in [3.63, 3.8) is 0 Å². The molecule has 0 aliphatic rings. The first-order valence-corrected chi connectivity index (χ1v) is 4.79. The standard InChI is InChI=1S/C11H10Cl2/c1-3-5-8(2)9-6-4-7-10(12)11(9)13/h1,4,6-8H,5H2,2H3. The minimum absolute atomic E-state index is 0.260. The first-order chi connectivity index (χ1) is 6.16. The largest absolute Gasteiger partial charge is 0.120 e. The molecule has 0 saturated heterocycles. The van der Waals surface area contributed by atoms with Gasteiger partial charge < -0.3 is 0 Å². The molecule has 1 unspecified atom stereocenters. The molecule has 68 valence electrons. The van der Waals surface area contributed by atoms with Crippen LogP contribution in [0.3, 0.4) is 0 Å². The van der Waals surface area contributed by atoms with Gasteiger partial charge in [0.05, 0.1) is 10.0 Å². The summed E-state index contributed by atoms with van der Waals surface area (Å²) >= 11 is 11.9. The molecule has 0 amide bonds. The lowest BCUT2D eigenvalue weighted by molar-refractivity contribution is 0.796. The van der Waals surface area contributed by atoms with Crippen molar-refractivity contribution in [3.8, 4) is 12.3 Å². The van der Waals surface area contributed by atoms with Gasteiger partial charge in [0.1, 0.15) is 0 Å². The Hall–Kier alpha value is -0.640. The van der Waals surface area contributed by atoms with E-state index in [9.17, 15) is 0 Å². The number of hydrogen-bond donors (Lipinski definition) is 0. The van der Waals surface area contributed by atoms with Crippen molar-refractivity contribution in [2.24, 2.45) is 0 Å². The summed E-state index contributed by atoms with van der Waals surface area (Å²) in [5.41, 5.74) is 1.02. The number of halogens is 2. The zero-order chi connectivity index (χ0) is 9.84. The summed E-state index contributed by atoms with van der Waals surface area (Å²) in [4.78, 5) is 0. The van der Waals surface area contributed by atoms with E-state index in [1.165, 1.54) is 0 Å². The maximum Gasteiger partial charge on any atom is 0.0627 e. The molecule has 0 aliphatic heterocycles. The molecule has 0 N–H and O–H groups in total. The van der Waals surface area contributed by atoms with E-state index in [-0.39, 0.29) is 5.92 Å². The van der Waals surface area contributed by atoms with Crippen molar-refractivity contribution >= 4 is 23.2 Å². The molecule has 0 heterocycles. The molecular weight excluding hydrogens is 203 g/mol. The van der Waals surface area contributed by atoms with Gasteiger partial charge in [-0.1, -0.05) is 42.3 Å². The highest BCUT2D eigenvalue weighted by Crippen LogP contribution is 2.31. The van der Waals surface area contributed by atoms with Gasteiger partial charge in [0, 0.05) is 6.42 Å². The summed E-state index contributed by atoms with van der Waals surface area (Å²) in [5, 5.41) is 1.20. The maximum absolute atomic E-state index is 6.02. The number of benzene rings is 1. The van der Waals surface area contributed by atoms with Crippen LogP contribution in [0.15, 0.2) is 18.2 Å². The summed E-state index contributed by atoms with van der Waals surface area (Å²) in [6.07, 6.45) is 5.91. The second-order valence-corrected chi connectivity index (χ2v) is 3.74. The smallest absolute Gasteiger partial charge is 0.0627 e. The lowest BCUT2D eigenvalue weighted by Crippen LogP contribution is -1.93. The summed E-state index contributed by atoms with van der Waals surface area (Å²) in [6, 6.07) is 5.61. The molecule has 1 atom stereocenters. The van der Waals surface area contributed by atoms with Crippen LogP contribution in [0, 0.1) is 12.3 Å². The second-order valence-electron chi connectivity index (χ2n) is 2.95. The Bertz CT molecular complexity index is 336. The van der Waals surface area contributed by atoms with Crippen LogP contribution in [-0.4, -0.2) is 0 Å². The first-order valence-electron chi connectivity index (χ1n) is 4.04. The van der Waals surface area contributed by atoms with Gasteiger partial charge in [0.2, 0.25) is 0 Å². The fourth-order valence-electron chi connectivity index (χ4n) is 1.19. The minimum atomic E-state index is 0.260. The van der Waals surface area contributed by atoms with E-state index in [0.29, 0.717) is 16.5 Å². The van der Waals surface area contributed by atoms with Crippen LogP contribution in [0.25, 0.3) is 0 Å². The predicted molar refractivity (Wildman–Crippen MR) is 58.3 cm³/mol. The molecular formula is C11H10Cl2. The molecule has 1 rings (SSSR count). The van der Waals surface area contributed by atoms with Crippen molar-refractivity contribution < 1.29 is 0 Å². The summed E-state index contributed by atoms with van der Waals surface area (Å²) in [6.45, 7) is 2.04. The highest BCUT2D eigenvalue weighted by Gasteiger charge is 2.10. The van der Waals surface area contributed by atoms with Crippen LogP contribution in [0.4, 0.5) is 0 Å². The molecule has 1 aromatic rings. The zero-order valence-electron chi connectivity index (χ0n) is 7.35. The van der Waals surface area contributed by atoms with Crippen LogP contribution < -0.4 is 0 Å². The lowest BCUT2D eigenvalue weighted by Gasteiger charge is -2.10. The van der Waals surface area contributed by atoms with Crippen LogP contribution in [0.1, 0.15) is 24.8 Å². The number of terminal acetylenes is 1. The average molecular weight is 213 g/mol. The highest BCUT2D eigenvalue weighted by molar-refractivity contribution is 6.42. The van der Waals surface area contributed by atoms with E-state index < -0.39 is 0 Å². The Morgan fingerprint density at radius 2 is 2.15 bits per heavy atom. The van der Waals surface area contributed by atoms with Crippen molar-refractivity contribution in [2.75, 3.05) is 0 Å². The summed E-state index contributed by atoms with van der Waals surface area (Å²) in [5.74, 6) is 2.87. The summed E-state index contributed by atoms with van der Waals surface area (Å²) in [7, 11) is 0. The average Bonchev–Trinajstić information content (AvgIpc) is 2.10. The van der Waals surface area contributed by atoms with E-state index in [1.54, 1.807) is 6.07 Å². The van der Waals surface area contributed by atoms with E-state index in [0.717, 1.165) is 5.56 Å². The van der Waals surface area contributed by atoms with Crippen LogP contribution in [0.5, 0.6) is 0 Å². The molecule has 0 radical (unpaired) electrons. The topological polar surface area (TPSA) is 0 Å². The Morgan fingerprint density at radius 1 is 1.46 bits per heavy atom. The van der Waals surface area contributed by atoms with E-state index in [2.05, 4.69) is 5.92 Å². The van der Waals surface area contributed by atoms with Crippen LogP contribution in [0.2, 0.25) is 10.0 Å². The Morgan fingerprint density at radius 3 is 2.77 bits per heavy atom. The molecule has 2 heteroatoms. The van der Waals surface area contributed by atoms with Gasteiger partial charge in [-0.25, -0.2) is 0 Å². The van der Waals surface area contributed by atoms with E-state index in [4.69, 9.17) is 29.6 Å². The Labute approximate surface area is 88.9 Å². The third-order valence-electron chi connectivity index (χ3n) is 1.94. The highest BCUT2D eigenvalue weighted by atomic mass is 35.5. The van der Waals surface area contributed by atoms with Gasteiger partial charge in [-0.3, -0.25) is 0 Å². The normalized spacial score (nSPS) is 12.2. The number of rotatable bonds is 2. The van der Waals surface area contributed by atoms with Gasteiger partial charge in [0.25, 0.3) is 0 Å². The van der Waals surface area contributed by atoms with Crippen molar-refractivity contribution in [2.45, 2.75) is 19.3 Å². The molecule has 0 bridgehead atoms. The molecule has 0 spiro atoms. The van der Waals surface area contributed by atoms with Crippen molar-refractivity contribution in [1.29, 1.82) is 0 Å². The maximum atomic E-state index is 6.02. The fraction of sp³-hybridized carbons (Fsp3) is 0.273. The van der Waals surface area contributed by atoms with Gasteiger partial charge in [-0.2, -0.15) is 0 Å². The lowest BCUT2D eigenvalue weighted by atomic mass is 9.98. The van der Waals surface area contributed by atoms with Crippen molar-refractivity contribution in [1.82, 2.24) is 0 Å². The van der Waals surface area contributed by atoms with Crippen molar-refractivity contribution in [3.05, 3.63) is 33.8 Å². The molecule has 0 fully saturated rings. The molecule has 0 nitrogen and oxygen atoms in total. The molecule has 0 aliphatic carbocycles. The van der Waals surface area contributed by atoms with Crippen LogP contribution in [-0.2, 0) is 0 Å². The van der Waals surface area contributed by atoms with E-state index >= 15 is 0 Å². The van der Waals surface area contributed by atoms with E-state index in [1.807, 2.05) is 19.1 Å². The first kappa shape index (κ1) is 10.4. The Kier molecular flexibility index (Phi) is 3.66. The minimum Gasteiger partial charge on any atom is -0.120 e. The molecule has 13 heavy (non-hydrogen) atoms. The van der Waals surface area contributed by atoms with Crippen LogP contribution >= 0.6 is 23.2 Å². The Balaban J connectivity index is 3.02. The van der Waals surface area contributed by atoms with Gasteiger partial charge in [-0.05, 0) is 17.5 Å². The quantitative estimate of drug-likeness (QED) is 0.648. The zero-order valence-corrected chi connectivity index (χ0v) is 8.86. The second kappa shape index (κ2) is 4.56. The monoisotopic (exact) mass is 212 g/mol. The van der Waals surface area contributed by atoms with Gasteiger partial charge in [0.15, 0.2) is 0 Å². The third-order valence-corrected chi connectivity index (χ3v) is 2.77.